The van der Waals surface area contributed by atoms with Crippen molar-refractivity contribution in [3.63, 3.8) is 0 Å². The molecule has 0 aliphatic heterocycles. The Labute approximate surface area is 99.1 Å². The van der Waals surface area contributed by atoms with E-state index in [0.717, 1.165) is 6.07 Å². The van der Waals surface area contributed by atoms with Crippen molar-refractivity contribution in [1.29, 1.82) is 0 Å². The molecule has 1 aromatic carbocycles. The quantitative estimate of drug-likeness (QED) is 0.723. The molecule has 3 N–H and O–H groups in total. The maximum atomic E-state index is 13.1. The van der Waals surface area contributed by atoms with Crippen LogP contribution in [0.1, 0.15) is 22.8 Å². The van der Waals surface area contributed by atoms with Crippen molar-refractivity contribution in [3.05, 3.63) is 35.1 Å². The molecule has 0 saturated heterocycles. The Morgan fingerprint density at radius 3 is 2.41 bits per heavy atom. The monoisotopic (exact) mass is 241 g/mol. The number of aliphatic hydroxyl groups is 2. The van der Waals surface area contributed by atoms with Gasteiger partial charge in [-0.05, 0) is 37.6 Å². The van der Waals surface area contributed by atoms with Gasteiger partial charge in [0.05, 0.1) is 18.8 Å². The number of aliphatic hydroxyl groups excluding tert-OH is 2. The van der Waals surface area contributed by atoms with Crippen molar-refractivity contribution in [2.45, 2.75) is 19.4 Å². The largest absolute Gasteiger partial charge is 0.394 e. The van der Waals surface area contributed by atoms with E-state index in [4.69, 9.17) is 10.2 Å². The SMILES string of the molecule is Cc1cc(F)cc(C(=O)NC(C)(CO)CO)c1. The Kier molecular flexibility index (Phi) is 4.20. The predicted molar refractivity (Wildman–Crippen MR) is 61.2 cm³/mol. The zero-order chi connectivity index (χ0) is 13.1. The fraction of sp³-hybridized carbons (Fsp3) is 0.417. The Morgan fingerprint density at radius 1 is 1.35 bits per heavy atom. The minimum absolute atomic E-state index is 0.163. The fourth-order valence-electron chi connectivity index (χ4n) is 1.34. The number of nitrogens with one attached hydrogen (secondary N) is 1. The van der Waals surface area contributed by atoms with E-state index in [-0.39, 0.29) is 5.56 Å². The maximum absolute atomic E-state index is 13.1. The molecule has 1 aromatic rings. The van der Waals surface area contributed by atoms with Crippen LogP contribution in [0.5, 0.6) is 0 Å². The first kappa shape index (κ1) is 13.6. The number of halogens is 1. The molecule has 0 spiro atoms. The third kappa shape index (κ3) is 3.51. The highest BCUT2D eigenvalue weighted by Crippen LogP contribution is 2.10. The highest BCUT2D eigenvalue weighted by atomic mass is 19.1. The van der Waals surface area contributed by atoms with Crippen molar-refractivity contribution >= 4 is 5.91 Å². The summed E-state index contributed by atoms with van der Waals surface area (Å²) < 4.78 is 13.1. The normalized spacial score (nSPS) is 11.4. The molecule has 0 radical (unpaired) electrons. The number of carbonyl (C=O) groups excluding carboxylic acids is 1. The van der Waals surface area contributed by atoms with Gasteiger partial charge in [0, 0.05) is 5.56 Å². The Morgan fingerprint density at radius 2 is 1.94 bits per heavy atom. The zero-order valence-electron chi connectivity index (χ0n) is 9.83. The van der Waals surface area contributed by atoms with Crippen LogP contribution in [0.25, 0.3) is 0 Å². The van der Waals surface area contributed by atoms with Crippen LogP contribution in [0.4, 0.5) is 4.39 Å². The highest BCUT2D eigenvalue weighted by molar-refractivity contribution is 5.94. The molecule has 0 heterocycles. The van der Waals surface area contributed by atoms with Gasteiger partial charge in [0.25, 0.3) is 5.91 Å². The molecule has 1 amide bonds. The van der Waals surface area contributed by atoms with Crippen LogP contribution in [0.3, 0.4) is 0 Å². The second-order valence-electron chi connectivity index (χ2n) is 4.35. The van der Waals surface area contributed by atoms with Crippen LogP contribution < -0.4 is 5.32 Å². The van der Waals surface area contributed by atoms with E-state index in [1.54, 1.807) is 6.92 Å². The molecule has 0 fully saturated rings. The number of amides is 1. The molecular formula is C12H16FNO3. The zero-order valence-corrected chi connectivity index (χ0v) is 9.83. The standard InChI is InChI=1S/C12H16FNO3/c1-8-3-9(5-10(13)4-8)11(17)14-12(2,6-15)7-16/h3-5,15-16H,6-7H2,1-2H3,(H,14,17). The molecule has 0 aliphatic carbocycles. The highest BCUT2D eigenvalue weighted by Gasteiger charge is 2.25. The summed E-state index contributed by atoms with van der Waals surface area (Å²) in [6, 6.07) is 3.96. The average Bonchev–Trinajstić information content (AvgIpc) is 2.27. The maximum Gasteiger partial charge on any atom is 0.251 e. The number of rotatable bonds is 4. The van der Waals surface area contributed by atoms with Gasteiger partial charge in [0.15, 0.2) is 0 Å². The summed E-state index contributed by atoms with van der Waals surface area (Å²) in [6.45, 7) is 2.38. The number of hydrogen-bond donors (Lipinski definition) is 3. The molecule has 94 valence electrons. The summed E-state index contributed by atoms with van der Waals surface area (Å²) in [4.78, 5) is 11.8. The molecule has 0 aliphatic rings. The van der Waals surface area contributed by atoms with Gasteiger partial charge >= 0.3 is 0 Å². The summed E-state index contributed by atoms with van der Waals surface area (Å²) in [5.74, 6) is -1.02. The summed E-state index contributed by atoms with van der Waals surface area (Å²) >= 11 is 0. The summed E-state index contributed by atoms with van der Waals surface area (Å²) in [6.07, 6.45) is 0. The van der Waals surface area contributed by atoms with Crippen molar-refractivity contribution < 1.29 is 19.4 Å². The van der Waals surface area contributed by atoms with E-state index in [1.165, 1.54) is 19.1 Å². The van der Waals surface area contributed by atoms with E-state index in [2.05, 4.69) is 5.32 Å². The minimum atomic E-state index is -1.11. The van der Waals surface area contributed by atoms with Gasteiger partial charge < -0.3 is 15.5 Å². The molecule has 1 rings (SSSR count). The fourth-order valence-corrected chi connectivity index (χ4v) is 1.34. The third-order valence-corrected chi connectivity index (χ3v) is 2.42. The van der Waals surface area contributed by atoms with Crippen LogP contribution in [-0.4, -0.2) is 34.9 Å². The first-order chi connectivity index (χ1) is 7.90. The third-order valence-electron chi connectivity index (χ3n) is 2.42. The predicted octanol–water partition coefficient (Wildman–Crippen LogP) is 0.607. The summed E-state index contributed by atoms with van der Waals surface area (Å²) in [7, 11) is 0. The van der Waals surface area contributed by atoms with E-state index in [0.29, 0.717) is 5.56 Å². The van der Waals surface area contributed by atoms with E-state index < -0.39 is 30.5 Å². The number of carbonyl (C=O) groups is 1. The smallest absolute Gasteiger partial charge is 0.251 e. The molecule has 0 unspecified atom stereocenters. The average molecular weight is 241 g/mol. The van der Waals surface area contributed by atoms with Crippen LogP contribution in [0.2, 0.25) is 0 Å². The van der Waals surface area contributed by atoms with Crippen LogP contribution >= 0.6 is 0 Å². The first-order valence-corrected chi connectivity index (χ1v) is 5.21. The van der Waals surface area contributed by atoms with Crippen LogP contribution in [0, 0.1) is 12.7 Å². The lowest BCUT2D eigenvalue weighted by atomic mass is 10.0. The van der Waals surface area contributed by atoms with E-state index in [1.807, 2.05) is 0 Å². The minimum Gasteiger partial charge on any atom is -0.394 e. The molecular weight excluding hydrogens is 225 g/mol. The lowest BCUT2D eigenvalue weighted by Crippen LogP contribution is -2.51. The van der Waals surface area contributed by atoms with Gasteiger partial charge in [-0.1, -0.05) is 0 Å². The molecule has 0 saturated carbocycles. The molecule has 4 nitrogen and oxygen atoms in total. The van der Waals surface area contributed by atoms with Gasteiger partial charge in [-0.3, -0.25) is 4.79 Å². The Balaban J connectivity index is 2.90. The van der Waals surface area contributed by atoms with Crippen LogP contribution in [-0.2, 0) is 0 Å². The van der Waals surface area contributed by atoms with Gasteiger partial charge in [-0.15, -0.1) is 0 Å². The number of aryl methyl sites for hydroxylation is 1. The van der Waals surface area contributed by atoms with Crippen molar-refractivity contribution in [2.24, 2.45) is 0 Å². The van der Waals surface area contributed by atoms with Crippen LogP contribution in [0.15, 0.2) is 18.2 Å². The van der Waals surface area contributed by atoms with E-state index >= 15 is 0 Å². The molecule has 17 heavy (non-hydrogen) atoms. The Bertz CT molecular complexity index is 396. The van der Waals surface area contributed by atoms with Gasteiger partial charge in [-0.2, -0.15) is 0 Å². The second kappa shape index (κ2) is 5.25. The van der Waals surface area contributed by atoms with Crippen molar-refractivity contribution in [3.8, 4) is 0 Å². The van der Waals surface area contributed by atoms with Crippen molar-refractivity contribution in [1.82, 2.24) is 5.32 Å². The first-order valence-electron chi connectivity index (χ1n) is 5.21. The molecule has 5 heteroatoms. The van der Waals surface area contributed by atoms with Gasteiger partial charge in [0.1, 0.15) is 5.82 Å². The number of benzene rings is 1. The lowest BCUT2D eigenvalue weighted by Gasteiger charge is -2.26. The van der Waals surface area contributed by atoms with Gasteiger partial charge in [-0.25, -0.2) is 4.39 Å². The topological polar surface area (TPSA) is 69.6 Å². The van der Waals surface area contributed by atoms with E-state index in [9.17, 15) is 9.18 Å². The summed E-state index contributed by atoms with van der Waals surface area (Å²) in [5, 5.41) is 20.5. The summed E-state index contributed by atoms with van der Waals surface area (Å²) in [5.41, 5.74) is -0.322. The lowest BCUT2D eigenvalue weighted by molar-refractivity contribution is 0.0723. The molecule has 0 bridgehead atoms. The second-order valence-corrected chi connectivity index (χ2v) is 4.35. The molecule has 0 atom stereocenters. The Hall–Kier alpha value is -1.46. The molecule has 0 aromatic heterocycles. The van der Waals surface area contributed by atoms with Crippen molar-refractivity contribution in [2.75, 3.05) is 13.2 Å². The van der Waals surface area contributed by atoms with Gasteiger partial charge in [0.2, 0.25) is 0 Å². The number of hydrogen-bond acceptors (Lipinski definition) is 3.